The van der Waals surface area contributed by atoms with Crippen LogP contribution in [0.1, 0.15) is 11.1 Å². The summed E-state index contributed by atoms with van der Waals surface area (Å²) < 4.78 is 21.7. The van der Waals surface area contributed by atoms with E-state index in [0.717, 1.165) is 27.6 Å². The summed E-state index contributed by atoms with van der Waals surface area (Å²) in [5, 5.41) is 2.23. The van der Waals surface area contributed by atoms with Crippen LogP contribution in [0.5, 0.6) is 23.0 Å². The van der Waals surface area contributed by atoms with Crippen LogP contribution in [-0.2, 0) is 0 Å². The molecule has 3 aromatic rings. The van der Waals surface area contributed by atoms with Crippen molar-refractivity contribution in [2.24, 2.45) is 0 Å². The number of benzene rings is 3. The molecule has 0 amide bonds. The molecule has 0 saturated carbocycles. The van der Waals surface area contributed by atoms with Crippen LogP contribution in [0.15, 0.2) is 48.5 Å². The SMILES string of the molecule is COc1cc(/C=C\c2cc(OC)c3ccccc3c2)cc(OC)c1OC. The molecular weight excluding hydrogens is 328 g/mol. The molecule has 26 heavy (non-hydrogen) atoms. The molecule has 0 spiro atoms. The Kier molecular flexibility index (Phi) is 5.32. The van der Waals surface area contributed by atoms with Crippen molar-refractivity contribution in [1.82, 2.24) is 0 Å². The van der Waals surface area contributed by atoms with Crippen LogP contribution in [0, 0.1) is 0 Å². The van der Waals surface area contributed by atoms with E-state index in [1.807, 2.05) is 42.5 Å². The highest BCUT2D eigenvalue weighted by Crippen LogP contribution is 2.38. The smallest absolute Gasteiger partial charge is 0.203 e. The fourth-order valence-electron chi connectivity index (χ4n) is 2.95. The third kappa shape index (κ3) is 3.45. The van der Waals surface area contributed by atoms with E-state index in [0.29, 0.717) is 17.2 Å². The summed E-state index contributed by atoms with van der Waals surface area (Å²) in [7, 11) is 6.50. The van der Waals surface area contributed by atoms with Gasteiger partial charge in [-0.05, 0) is 40.8 Å². The molecule has 0 aromatic heterocycles. The van der Waals surface area contributed by atoms with E-state index >= 15 is 0 Å². The zero-order valence-corrected chi connectivity index (χ0v) is 15.4. The monoisotopic (exact) mass is 350 g/mol. The van der Waals surface area contributed by atoms with Gasteiger partial charge in [0.1, 0.15) is 5.75 Å². The lowest BCUT2D eigenvalue weighted by atomic mass is 10.0. The molecule has 0 aliphatic carbocycles. The molecule has 0 bridgehead atoms. The van der Waals surface area contributed by atoms with E-state index in [-0.39, 0.29) is 0 Å². The van der Waals surface area contributed by atoms with Crippen molar-refractivity contribution in [3.63, 3.8) is 0 Å². The lowest BCUT2D eigenvalue weighted by molar-refractivity contribution is 0.324. The van der Waals surface area contributed by atoms with Gasteiger partial charge < -0.3 is 18.9 Å². The Morgan fingerprint density at radius 3 is 1.73 bits per heavy atom. The van der Waals surface area contributed by atoms with Gasteiger partial charge in [0, 0.05) is 5.39 Å². The van der Waals surface area contributed by atoms with E-state index in [2.05, 4.69) is 18.2 Å². The number of hydrogen-bond donors (Lipinski definition) is 0. The van der Waals surface area contributed by atoms with Crippen LogP contribution in [0.3, 0.4) is 0 Å². The lowest BCUT2D eigenvalue weighted by Gasteiger charge is -2.13. The maximum absolute atomic E-state index is 5.53. The van der Waals surface area contributed by atoms with Gasteiger partial charge in [0.2, 0.25) is 5.75 Å². The fourth-order valence-corrected chi connectivity index (χ4v) is 2.95. The average Bonchev–Trinajstić information content (AvgIpc) is 2.70. The maximum atomic E-state index is 5.53. The van der Waals surface area contributed by atoms with Gasteiger partial charge in [0.15, 0.2) is 11.5 Å². The summed E-state index contributed by atoms with van der Waals surface area (Å²) in [6.45, 7) is 0. The predicted molar refractivity (Wildman–Crippen MR) is 106 cm³/mol. The Balaban J connectivity index is 2.01. The summed E-state index contributed by atoms with van der Waals surface area (Å²) >= 11 is 0. The Morgan fingerprint density at radius 2 is 1.15 bits per heavy atom. The lowest BCUT2D eigenvalue weighted by Crippen LogP contribution is -1.95. The van der Waals surface area contributed by atoms with Crippen molar-refractivity contribution >= 4 is 22.9 Å². The van der Waals surface area contributed by atoms with Gasteiger partial charge in [0.25, 0.3) is 0 Å². The van der Waals surface area contributed by atoms with Crippen LogP contribution in [-0.4, -0.2) is 28.4 Å². The molecule has 0 unspecified atom stereocenters. The molecule has 0 fully saturated rings. The zero-order valence-electron chi connectivity index (χ0n) is 15.4. The standard InChI is InChI=1S/C22H22O4/c1-23-19-12-15(11-17-7-5-6-8-18(17)19)9-10-16-13-20(24-2)22(26-4)21(14-16)25-3/h5-14H,1-4H3/b10-9-. The Bertz CT molecular complexity index is 919. The molecule has 3 aromatic carbocycles. The number of rotatable bonds is 6. The second-order valence-corrected chi connectivity index (χ2v) is 5.74. The molecule has 0 N–H and O–H groups in total. The Hall–Kier alpha value is -3.14. The predicted octanol–water partition coefficient (Wildman–Crippen LogP) is 5.04. The molecule has 0 heterocycles. The second kappa shape index (κ2) is 7.83. The first-order chi connectivity index (χ1) is 12.7. The molecule has 4 heteroatoms. The van der Waals surface area contributed by atoms with Gasteiger partial charge in [-0.2, -0.15) is 0 Å². The molecular formula is C22H22O4. The van der Waals surface area contributed by atoms with Crippen LogP contribution in [0.2, 0.25) is 0 Å². The summed E-state index contributed by atoms with van der Waals surface area (Å²) in [5.74, 6) is 2.69. The summed E-state index contributed by atoms with van der Waals surface area (Å²) in [4.78, 5) is 0. The third-order valence-corrected chi connectivity index (χ3v) is 4.22. The van der Waals surface area contributed by atoms with E-state index in [1.165, 1.54) is 0 Å². The van der Waals surface area contributed by atoms with Gasteiger partial charge in [-0.1, -0.05) is 36.4 Å². The molecule has 134 valence electrons. The highest BCUT2D eigenvalue weighted by molar-refractivity contribution is 5.91. The van der Waals surface area contributed by atoms with E-state index < -0.39 is 0 Å². The zero-order chi connectivity index (χ0) is 18.5. The minimum atomic E-state index is 0.583. The van der Waals surface area contributed by atoms with Crippen molar-refractivity contribution in [1.29, 1.82) is 0 Å². The first-order valence-electron chi connectivity index (χ1n) is 8.25. The molecule has 0 aliphatic rings. The van der Waals surface area contributed by atoms with Crippen molar-refractivity contribution in [3.8, 4) is 23.0 Å². The fraction of sp³-hybridized carbons (Fsp3) is 0.182. The van der Waals surface area contributed by atoms with Gasteiger partial charge in [-0.25, -0.2) is 0 Å². The number of hydrogen-bond acceptors (Lipinski definition) is 4. The van der Waals surface area contributed by atoms with Crippen LogP contribution in [0.25, 0.3) is 22.9 Å². The van der Waals surface area contributed by atoms with Gasteiger partial charge in [0.05, 0.1) is 28.4 Å². The minimum Gasteiger partial charge on any atom is -0.496 e. The van der Waals surface area contributed by atoms with E-state index in [9.17, 15) is 0 Å². The van der Waals surface area contributed by atoms with Crippen molar-refractivity contribution in [2.45, 2.75) is 0 Å². The number of fused-ring (bicyclic) bond motifs is 1. The Morgan fingerprint density at radius 1 is 0.615 bits per heavy atom. The first kappa shape index (κ1) is 17.7. The highest BCUT2D eigenvalue weighted by Gasteiger charge is 2.12. The summed E-state index contributed by atoms with van der Waals surface area (Å²) in [5.41, 5.74) is 2.00. The topological polar surface area (TPSA) is 36.9 Å². The van der Waals surface area contributed by atoms with Gasteiger partial charge in [-0.3, -0.25) is 0 Å². The Labute approximate surface area is 153 Å². The molecule has 0 atom stereocenters. The maximum Gasteiger partial charge on any atom is 0.203 e. The number of ether oxygens (including phenoxy) is 4. The van der Waals surface area contributed by atoms with Crippen molar-refractivity contribution in [3.05, 3.63) is 59.7 Å². The van der Waals surface area contributed by atoms with Gasteiger partial charge >= 0.3 is 0 Å². The minimum absolute atomic E-state index is 0.583. The largest absolute Gasteiger partial charge is 0.496 e. The molecule has 3 rings (SSSR count). The summed E-state index contributed by atoms with van der Waals surface area (Å²) in [6.07, 6.45) is 4.05. The first-order valence-corrected chi connectivity index (χ1v) is 8.25. The van der Waals surface area contributed by atoms with Crippen LogP contribution in [0.4, 0.5) is 0 Å². The van der Waals surface area contributed by atoms with Gasteiger partial charge in [-0.15, -0.1) is 0 Å². The van der Waals surface area contributed by atoms with Crippen molar-refractivity contribution in [2.75, 3.05) is 28.4 Å². The van der Waals surface area contributed by atoms with E-state index in [1.54, 1.807) is 28.4 Å². The quantitative estimate of drug-likeness (QED) is 0.583. The van der Waals surface area contributed by atoms with Crippen LogP contribution < -0.4 is 18.9 Å². The number of methoxy groups -OCH3 is 4. The third-order valence-electron chi connectivity index (χ3n) is 4.22. The summed E-state index contributed by atoms with van der Waals surface area (Å²) in [6, 6.07) is 16.1. The molecule has 0 radical (unpaired) electrons. The van der Waals surface area contributed by atoms with Crippen molar-refractivity contribution < 1.29 is 18.9 Å². The second-order valence-electron chi connectivity index (χ2n) is 5.74. The molecule has 0 saturated heterocycles. The highest BCUT2D eigenvalue weighted by atomic mass is 16.5. The molecule has 4 nitrogen and oxygen atoms in total. The molecule has 0 aliphatic heterocycles. The van der Waals surface area contributed by atoms with Crippen LogP contribution >= 0.6 is 0 Å². The normalized spacial score (nSPS) is 10.9. The average molecular weight is 350 g/mol. The van der Waals surface area contributed by atoms with E-state index in [4.69, 9.17) is 18.9 Å².